The van der Waals surface area contributed by atoms with Crippen molar-refractivity contribution in [2.45, 2.75) is 33.1 Å². The number of aryl methyl sites for hydroxylation is 1. The summed E-state index contributed by atoms with van der Waals surface area (Å²) >= 11 is 0. The van der Waals surface area contributed by atoms with Gasteiger partial charge in [-0.2, -0.15) is 0 Å². The quantitative estimate of drug-likeness (QED) is 0.714. The number of aromatic nitrogens is 1. The minimum atomic E-state index is 0.571. The summed E-state index contributed by atoms with van der Waals surface area (Å²) in [5.74, 6) is 0.571. The molecule has 1 heteroatoms. The Kier molecular flexibility index (Phi) is 2.72. The van der Waals surface area contributed by atoms with E-state index in [9.17, 15) is 0 Å². The van der Waals surface area contributed by atoms with Gasteiger partial charge in [0.15, 0.2) is 0 Å². The van der Waals surface area contributed by atoms with Crippen LogP contribution < -0.4 is 0 Å². The minimum Gasteiger partial charge on any atom is -0.256 e. The SMILES string of the molecule is CCc1ccnc2cc(C(C)C)ccc12. The smallest absolute Gasteiger partial charge is 0.0707 e. The van der Waals surface area contributed by atoms with Gasteiger partial charge in [-0.15, -0.1) is 0 Å². The Balaban J connectivity index is 2.63. The van der Waals surface area contributed by atoms with Gasteiger partial charge in [0.05, 0.1) is 5.52 Å². The highest BCUT2D eigenvalue weighted by Gasteiger charge is 2.03. The van der Waals surface area contributed by atoms with Gasteiger partial charge in [-0.1, -0.05) is 32.9 Å². The molecule has 1 aromatic carbocycles. The zero-order valence-electron chi connectivity index (χ0n) is 9.62. The summed E-state index contributed by atoms with van der Waals surface area (Å²) in [7, 11) is 0. The van der Waals surface area contributed by atoms with Gasteiger partial charge < -0.3 is 0 Å². The fourth-order valence-corrected chi connectivity index (χ4v) is 1.89. The maximum absolute atomic E-state index is 4.43. The molecule has 0 amide bonds. The summed E-state index contributed by atoms with van der Waals surface area (Å²) in [5.41, 5.74) is 3.87. The van der Waals surface area contributed by atoms with Crippen molar-refractivity contribution in [3.05, 3.63) is 41.6 Å². The van der Waals surface area contributed by atoms with E-state index in [0.717, 1.165) is 11.9 Å². The molecule has 0 saturated carbocycles. The normalized spacial score (nSPS) is 11.2. The summed E-state index contributed by atoms with van der Waals surface area (Å²) in [6.07, 6.45) is 2.98. The molecule has 0 fully saturated rings. The first-order chi connectivity index (χ1) is 7.22. The molecular formula is C14H17N. The standard InChI is InChI=1S/C14H17N/c1-4-11-7-8-15-14-9-12(10(2)3)5-6-13(11)14/h5-10H,4H2,1-3H3. The Bertz CT molecular complexity index is 472. The van der Waals surface area contributed by atoms with E-state index in [1.807, 2.05) is 6.20 Å². The van der Waals surface area contributed by atoms with Crippen molar-refractivity contribution >= 4 is 10.9 Å². The molecule has 2 aromatic rings. The van der Waals surface area contributed by atoms with Gasteiger partial charge in [0.25, 0.3) is 0 Å². The Labute approximate surface area is 91.2 Å². The van der Waals surface area contributed by atoms with E-state index in [0.29, 0.717) is 5.92 Å². The second-order valence-corrected chi connectivity index (χ2v) is 4.25. The Hall–Kier alpha value is -1.37. The first-order valence-corrected chi connectivity index (χ1v) is 5.60. The fourth-order valence-electron chi connectivity index (χ4n) is 1.89. The predicted octanol–water partition coefficient (Wildman–Crippen LogP) is 3.92. The minimum absolute atomic E-state index is 0.571. The third-order valence-corrected chi connectivity index (χ3v) is 2.90. The second kappa shape index (κ2) is 4.01. The summed E-state index contributed by atoms with van der Waals surface area (Å²) in [5, 5.41) is 1.30. The van der Waals surface area contributed by atoms with Crippen LogP contribution >= 0.6 is 0 Å². The number of rotatable bonds is 2. The Morgan fingerprint density at radius 2 is 2.00 bits per heavy atom. The first-order valence-electron chi connectivity index (χ1n) is 5.60. The lowest BCUT2D eigenvalue weighted by Gasteiger charge is -2.08. The molecule has 0 aliphatic carbocycles. The van der Waals surface area contributed by atoms with E-state index in [1.165, 1.54) is 16.5 Å². The molecule has 1 nitrogen and oxygen atoms in total. The number of hydrogen-bond donors (Lipinski definition) is 0. The molecule has 0 aliphatic rings. The maximum Gasteiger partial charge on any atom is 0.0707 e. The van der Waals surface area contributed by atoms with E-state index in [-0.39, 0.29) is 0 Å². The molecule has 1 aromatic heterocycles. The van der Waals surface area contributed by atoms with Crippen molar-refractivity contribution in [2.75, 3.05) is 0 Å². The van der Waals surface area contributed by atoms with Crippen LogP contribution in [0, 0.1) is 0 Å². The van der Waals surface area contributed by atoms with E-state index in [2.05, 4.69) is 50.0 Å². The van der Waals surface area contributed by atoms with Crippen molar-refractivity contribution in [3.8, 4) is 0 Å². The lowest BCUT2D eigenvalue weighted by molar-refractivity contribution is 0.868. The maximum atomic E-state index is 4.43. The van der Waals surface area contributed by atoms with Gasteiger partial charge in [-0.05, 0) is 35.6 Å². The molecule has 2 rings (SSSR count). The van der Waals surface area contributed by atoms with Crippen LogP contribution in [0.5, 0.6) is 0 Å². The third-order valence-electron chi connectivity index (χ3n) is 2.90. The fraction of sp³-hybridized carbons (Fsp3) is 0.357. The molecule has 0 bridgehead atoms. The Morgan fingerprint density at radius 3 is 2.67 bits per heavy atom. The summed E-state index contributed by atoms with van der Waals surface area (Å²) in [6.45, 7) is 6.61. The number of pyridine rings is 1. The Morgan fingerprint density at radius 1 is 1.20 bits per heavy atom. The van der Waals surface area contributed by atoms with Crippen LogP contribution in [-0.2, 0) is 6.42 Å². The molecule has 15 heavy (non-hydrogen) atoms. The van der Waals surface area contributed by atoms with Crippen LogP contribution in [0.2, 0.25) is 0 Å². The van der Waals surface area contributed by atoms with E-state index in [4.69, 9.17) is 0 Å². The molecule has 0 unspecified atom stereocenters. The van der Waals surface area contributed by atoms with Gasteiger partial charge in [0.2, 0.25) is 0 Å². The highest BCUT2D eigenvalue weighted by atomic mass is 14.6. The second-order valence-electron chi connectivity index (χ2n) is 4.25. The van der Waals surface area contributed by atoms with Crippen molar-refractivity contribution in [2.24, 2.45) is 0 Å². The van der Waals surface area contributed by atoms with Crippen molar-refractivity contribution < 1.29 is 0 Å². The van der Waals surface area contributed by atoms with Gasteiger partial charge in [0.1, 0.15) is 0 Å². The molecule has 0 N–H and O–H groups in total. The third kappa shape index (κ3) is 1.87. The zero-order chi connectivity index (χ0) is 10.8. The van der Waals surface area contributed by atoms with Crippen molar-refractivity contribution in [1.29, 1.82) is 0 Å². The van der Waals surface area contributed by atoms with Crippen LogP contribution in [0.4, 0.5) is 0 Å². The molecule has 0 spiro atoms. The van der Waals surface area contributed by atoms with Crippen LogP contribution in [0.3, 0.4) is 0 Å². The monoisotopic (exact) mass is 199 g/mol. The average molecular weight is 199 g/mol. The van der Waals surface area contributed by atoms with E-state index >= 15 is 0 Å². The van der Waals surface area contributed by atoms with Crippen LogP contribution in [0.25, 0.3) is 10.9 Å². The number of benzene rings is 1. The lowest BCUT2D eigenvalue weighted by atomic mass is 9.99. The van der Waals surface area contributed by atoms with Gasteiger partial charge in [0, 0.05) is 11.6 Å². The average Bonchev–Trinajstić information content (AvgIpc) is 2.27. The molecule has 0 aliphatic heterocycles. The van der Waals surface area contributed by atoms with E-state index in [1.54, 1.807) is 0 Å². The lowest BCUT2D eigenvalue weighted by Crippen LogP contribution is -1.91. The zero-order valence-corrected chi connectivity index (χ0v) is 9.62. The highest BCUT2D eigenvalue weighted by molar-refractivity contribution is 5.82. The van der Waals surface area contributed by atoms with Crippen LogP contribution in [0.1, 0.15) is 37.8 Å². The number of hydrogen-bond acceptors (Lipinski definition) is 1. The molecule has 1 heterocycles. The molecule has 78 valence electrons. The topological polar surface area (TPSA) is 12.9 Å². The molecule has 0 atom stereocenters. The van der Waals surface area contributed by atoms with Gasteiger partial charge in [-0.3, -0.25) is 4.98 Å². The van der Waals surface area contributed by atoms with Crippen LogP contribution in [0.15, 0.2) is 30.5 Å². The molecule has 0 saturated heterocycles. The van der Waals surface area contributed by atoms with Crippen LogP contribution in [-0.4, -0.2) is 4.98 Å². The predicted molar refractivity (Wildman–Crippen MR) is 65.2 cm³/mol. The first kappa shape index (κ1) is 10.2. The summed E-state index contributed by atoms with van der Waals surface area (Å²) in [6, 6.07) is 8.74. The van der Waals surface area contributed by atoms with Crippen molar-refractivity contribution in [1.82, 2.24) is 4.98 Å². The number of fused-ring (bicyclic) bond motifs is 1. The number of nitrogens with zero attached hydrogens (tertiary/aromatic N) is 1. The van der Waals surface area contributed by atoms with E-state index < -0.39 is 0 Å². The van der Waals surface area contributed by atoms with Gasteiger partial charge >= 0.3 is 0 Å². The van der Waals surface area contributed by atoms with Crippen molar-refractivity contribution in [3.63, 3.8) is 0 Å². The summed E-state index contributed by atoms with van der Waals surface area (Å²) in [4.78, 5) is 4.43. The summed E-state index contributed by atoms with van der Waals surface area (Å²) < 4.78 is 0. The molecule has 0 radical (unpaired) electrons. The highest BCUT2D eigenvalue weighted by Crippen LogP contribution is 2.22. The largest absolute Gasteiger partial charge is 0.256 e. The van der Waals surface area contributed by atoms with Gasteiger partial charge in [-0.25, -0.2) is 0 Å². The molecular weight excluding hydrogens is 182 g/mol.